The van der Waals surface area contributed by atoms with Crippen LogP contribution in [0.4, 0.5) is 0 Å². The minimum Gasteiger partial charge on any atom is -0.496 e. The minimum absolute atomic E-state index is 0.0779. The molecule has 2 rings (SSSR count). The van der Waals surface area contributed by atoms with Crippen molar-refractivity contribution in [3.8, 4) is 11.5 Å². The highest BCUT2D eigenvalue weighted by Crippen LogP contribution is 2.19. The third-order valence-electron chi connectivity index (χ3n) is 4.38. The van der Waals surface area contributed by atoms with Crippen molar-refractivity contribution < 1.29 is 14.3 Å². The largest absolute Gasteiger partial charge is 0.496 e. The second-order valence-electron chi connectivity index (χ2n) is 7.13. The molecule has 0 radical (unpaired) electrons. The molecule has 0 saturated carbocycles. The van der Waals surface area contributed by atoms with Crippen molar-refractivity contribution in [2.24, 2.45) is 0 Å². The number of nitrogens with one attached hydrogen (secondary N) is 1. The van der Waals surface area contributed by atoms with Crippen LogP contribution in [0.5, 0.6) is 11.5 Å². The van der Waals surface area contributed by atoms with Gasteiger partial charge in [0.25, 0.3) is 0 Å². The van der Waals surface area contributed by atoms with Gasteiger partial charge >= 0.3 is 0 Å². The number of benzene rings is 2. The Kier molecular flexibility index (Phi) is 8.18. The lowest BCUT2D eigenvalue weighted by atomic mass is 10.1. The standard InChI is InChI=1S/C23H31NO3/c1-17(2)27-21-14-11-19(12-15-21)10-9-18(3)24-23(25)16-13-20-7-5-6-8-22(20)26-4/h5-8,11-12,14-15,17-18H,9-10,13,16H2,1-4H3,(H,24,25). The fraction of sp³-hybridized carbons (Fsp3) is 0.435. The van der Waals surface area contributed by atoms with Crippen molar-refractivity contribution in [2.45, 2.75) is 58.6 Å². The van der Waals surface area contributed by atoms with E-state index in [-0.39, 0.29) is 18.1 Å². The molecule has 0 fully saturated rings. The average Bonchev–Trinajstić information content (AvgIpc) is 2.65. The number of carbonyl (C=O) groups is 1. The third kappa shape index (κ3) is 7.33. The molecule has 4 nitrogen and oxygen atoms in total. The normalized spacial score (nSPS) is 11.9. The van der Waals surface area contributed by atoms with Gasteiger partial charge in [0.05, 0.1) is 13.2 Å². The number of para-hydroxylation sites is 1. The van der Waals surface area contributed by atoms with Crippen LogP contribution in [0.1, 0.15) is 44.7 Å². The van der Waals surface area contributed by atoms with Gasteiger partial charge < -0.3 is 14.8 Å². The quantitative estimate of drug-likeness (QED) is 0.668. The lowest BCUT2D eigenvalue weighted by Gasteiger charge is -2.15. The monoisotopic (exact) mass is 369 g/mol. The number of amides is 1. The molecule has 146 valence electrons. The molecule has 0 aliphatic heterocycles. The highest BCUT2D eigenvalue weighted by Gasteiger charge is 2.10. The molecule has 0 spiro atoms. The maximum atomic E-state index is 12.2. The predicted molar refractivity (Wildman–Crippen MR) is 109 cm³/mol. The Bertz CT molecular complexity index is 710. The first-order chi connectivity index (χ1) is 13.0. The summed E-state index contributed by atoms with van der Waals surface area (Å²) in [5, 5.41) is 3.09. The summed E-state index contributed by atoms with van der Waals surface area (Å²) >= 11 is 0. The molecule has 0 aliphatic carbocycles. The van der Waals surface area contributed by atoms with Gasteiger partial charge in [0.2, 0.25) is 5.91 Å². The first-order valence-electron chi connectivity index (χ1n) is 9.64. The van der Waals surface area contributed by atoms with Gasteiger partial charge in [0.1, 0.15) is 11.5 Å². The van der Waals surface area contributed by atoms with E-state index in [0.717, 1.165) is 29.9 Å². The van der Waals surface area contributed by atoms with Crippen molar-refractivity contribution in [1.82, 2.24) is 5.32 Å². The molecule has 1 amide bonds. The molecular formula is C23H31NO3. The summed E-state index contributed by atoms with van der Waals surface area (Å²) < 4.78 is 11.0. The fourth-order valence-electron chi connectivity index (χ4n) is 2.97. The van der Waals surface area contributed by atoms with Crippen LogP contribution >= 0.6 is 0 Å². The van der Waals surface area contributed by atoms with Crippen LogP contribution in [0.25, 0.3) is 0 Å². The van der Waals surface area contributed by atoms with E-state index in [2.05, 4.69) is 24.4 Å². The van der Waals surface area contributed by atoms with Crippen molar-refractivity contribution in [3.63, 3.8) is 0 Å². The second-order valence-corrected chi connectivity index (χ2v) is 7.13. The van der Waals surface area contributed by atoms with Crippen LogP contribution < -0.4 is 14.8 Å². The maximum Gasteiger partial charge on any atom is 0.220 e. The number of rotatable bonds is 10. The molecule has 2 aromatic carbocycles. The van der Waals surface area contributed by atoms with E-state index in [1.807, 2.05) is 50.2 Å². The molecule has 0 saturated heterocycles. The van der Waals surface area contributed by atoms with Crippen LogP contribution in [0, 0.1) is 0 Å². The second kappa shape index (κ2) is 10.6. The molecule has 1 unspecified atom stereocenters. The van der Waals surface area contributed by atoms with Crippen LogP contribution in [-0.2, 0) is 17.6 Å². The summed E-state index contributed by atoms with van der Waals surface area (Å²) in [6, 6.07) is 16.2. The molecule has 1 atom stereocenters. The van der Waals surface area contributed by atoms with Crippen molar-refractivity contribution in [1.29, 1.82) is 0 Å². The maximum absolute atomic E-state index is 12.2. The van der Waals surface area contributed by atoms with Gasteiger partial charge in [-0.1, -0.05) is 30.3 Å². The molecule has 0 aromatic heterocycles. The summed E-state index contributed by atoms with van der Waals surface area (Å²) in [4.78, 5) is 12.2. The zero-order valence-electron chi connectivity index (χ0n) is 16.8. The van der Waals surface area contributed by atoms with E-state index < -0.39 is 0 Å². The lowest BCUT2D eigenvalue weighted by molar-refractivity contribution is -0.121. The average molecular weight is 370 g/mol. The molecule has 2 aromatic rings. The van der Waals surface area contributed by atoms with Crippen LogP contribution in [-0.4, -0.2) is 25.2 Å². The smallest absolute Gasteiger partial charge is 0.220 e. The Balaban J connectivity index is 1.73. The van der Waals surface area contributed by atoms with E-state index >= 15 is 0 Å². The SMILES string of the molecule is COc1ccccc1CCC(=O)NC(C)CCc1ccc(OC(C)C)cc1. The number of aryl methyl sites for hydroxylation is 2. The summed E-state index contributed by atoms with van der Waals surface area (Å²) in [7, 11) is 1.66. The number of hydrogen-bond donors (Lipinski definition) is 1. The molecule has 0 bridgehead atoms. The van der Waals surface area contributed by atoms with Gasteiger partial charge in [0, 0.05) is 12.5 Å². The molecular weight excluding hydrogens is 338 g/mol. The number of hydrogen-bond acceptors (Lipinski definition) is 3. The zero-order valence-corrected chi connectivity index (χ0v) is 16.8. The summed E-state index contributed by atoms with van der Waals surface area (Å²) in [5.41, 5.74) is 2.31. The Labute approximate surface area is 162 Å². The van der Waals surface area contributed by atoms with E-state index in [9.17, 15) is 4.79 Å². The zero-order chi connectivity index (χ0) is 19.6. The summed E-state index contributed by atoms with van der Waals surface area (Å²) in [6.07, 6.45) is 3.16. The van der Waals surface area contributed by atoms with E-state index in [0.29, 0.717) is 12.8 Å². The fourth-order valence-corrected chi connectivity index (χ4v) is 2.97. The Morgan fingerprint density at radius 2 is 1.70 bits per heavy atom. The van der Waals surface area contributed by atoms with E-state index in [1.165, 1.54) is 5.56 Å². The highest BCUT2D eigenvalue weighted by atomic mass is 16.5. The molecule has 27 heavy (non-hydrogen) atoms. The topological polar surface area (TPSA) is 47.6 Å². The minimum atomic E-state index is 0.0779. The van der Waals surface area contributed by atoms with Crippen LogP contribution in [0.2, 0.25) is 0 Å². The van der Waals surface area contributed by atoms with Gasteiger partial charge in [-0.3, -0.25) is 4.79 Å². The van der Waals surface area contributed by atoms with Crippen molar-refractivity contribution in [2.75, 3.05) is 7.11 Å². The van der Waals surface area contributed by atoms with Crippen molar-refractivity contribution >= 4 is 5.91 Å². The Morgan fingerprint density at radius 3 is 2.37 bits per heavy atom. The Morgan fingerprint density at radius 1 is 1.00 bits per heavy atom. The third-order valence-corrected chi connectivity index (χ3v) is 4.38. The summed E-state index contributed by atoms with van der Waals surface area (Å²) in [5.74, 6) is 1.81. The number of carbonyl (C=O) groups excluding carboxylic acids is 1. The lowest BCUT2D eigenvalue weighted by Crippen LogP contribution is -2.33. The number of ether oxygens (including phenoxy) is 2. The molecule has 0 heterocycles. The van der Waals surface area contributed by atoms with E-state index in [1.54, 1.807) is 7.11 Å². The predicted octanol–water partition coefficient (Wildman–Crippen LogP) is 4.55. The van der Waals surface area contributed by atoms with Crippen molar-refractivity contribution in [3.05, 3.63) is 59.7 Å². The van der Waals surface area contributed by atoms with E-state index in [4.69, 9.17) is 9.47 Å². The number of methoxy groups -OCH3 is 1. The summed E-state index contributed by atoms with van der Waals surface area (Å²) in [6.45, 7) is 6.09. The van der Waals surface area contributed by atoms with Crippen LogP contribution in [0.15, 0.2) is 48.5 Å². The Hall–Kier alpha value is -2.49. The molecule has 1 N–H and O–H groups in total. The van der Waals surface area contributed by atoms with Crippen LogP contribution in [0.3, 0.4) is 0 Å². The molecule has 0 aliphatic rings. The molecule has 4 heteroatoms. The van der Waals surface area contributed by atoms with Gasteiger partial charge in [-0.2, -0.15) is 0 Å². The van der Waals surface area contributed by atoms with Gasteiger partial charge in [-0.05, 0) is 69.4 Å². The highest BCUT2D eigenvalue weighted by molar-refractivity contribution is 5.76. The first kappa shape index (κ1) is 20.8. The van der Waals surface area contributed by atoms with Gasteiger partial charge in [-0.15, -0.1) is 0 Å². The van der Waals surface area contributed by atoms with Gasteiger partial charge in [0.15, 0.2) is 0 Å². The van der Waals surface area contributed by atoms with Gasteiger partial charge in [-0.25, -0.2) is 0 Å². The first-order valence-corrected chi connectivity index (χ1v) is 9.64.